The summed E-state index contributed by atoms with van der Waals surface area (Å²) in [6.07, 6.45) is 2.79. The van der Waals surface area contributed by atoms with Crippen molar-refractivity contribution in [1.29, 1.82) is 0 Å². The number of ether oxygens (including phenoxy) is 2. The lowest BCUT2D eigenvalue weighted by atomic mass is 10.1. The molecule has 0 saturated carbocycles. The third kappa shape index (κ3) is 6.47. The Morgan fingerprint density at radius 2 is 1.76 bits per heavy atom. The summed E-state index contributed by atoms with van der Waals surface area (Å²) in [5.74, 6) is -1.75. The molecule has 9 heteroatoms. The van der Waals surface area contributed by atoms with Crippen molar-refractivity contribution in [2.24, 2.45) is 0 Å². The summed E-state index contributed by atoms with van der Waals surface area (Å²) in [7, 11) is 0. The number of nitrogens with one attached hydrogen (secondary N) is 1. The van der Waals surface area contributed by atoms with Crippen LogP contribution >= 0.6 is 34.5 Å². The van der Waals surface area contributed by atoms with E-state index in [4.69, 9.17) is 32.7 Å². The summed E-state index contributed by atoms with van der Waals surface area (Å²) >= 11 is 13.0. The van der Waals surface area contributed by atoms with Crippen LogP contribution in [0.1, 0.15) is 43.6 Å². The maximum absolute atomic E-state index is 12.7. The zero-order valence-corrected chi connectivity index (χ0v) is 20.7. The van der Waals surface area contributed by atoms with E-state index in [1.807, 2.05) is 30.3 Å². The van der Waals surface area contributed by atoms with E-state index in [-0.39, 0.29) is 28.7 Å². The SMILES string of the molecule is CCOC(=O)c1c(NC(=O)/C=C/c2ccc(Cl)cc2Cl)sc(C(=O)OCc2ccccc2)c1C. The molecule has 1 heterocycles. The van der Waals surface area contributed by atoms with Crippen molar-refractivity contribution >= 4 is 63.5 Å². The molecular weight excluding hydrogens is 497 g/mol. The number of carbonyl (C=O) groups is 3. The van der Waals surface area contributed by atoms with Gasteiger partial charge >= 0.3 is 11.9 Å². The molecule has 3 rings (SSSR count). The van der Waals surface area contributed by atoms with Crippen molar-refractivity contribution in [3.63, 3.8) is 0 Å². The van der Waals surface area contributed by atoms with Crippen molar-refractivity contribution in [3.8, 4) is 0 Å². The minimum Gasteiger partial charge on any atom is -0.462 e. The summed E-state index contributed by atoms with van der Waals surface area (Å²) in [4.78, 5) is 38.1. The van der Waals surface area contributed by atoms with Gasteiger partial charge in [-0.2, -0.15) is 0 Å². The molecule has 0 aliphatic heterocycles. The maximum atomic E-state index is 12.7. The van der Waals surface area contributed by atoms with Gasteiger partial charge in [0.05, 0.1) is 12.2 Å². The monoisotopic (exact) mass is 517 g/mol. The molecule has 0 aliphatic carbocycles. The molecule has 34 heavy (non-hydrogen) atoms. The molecule has 0 fully saturated rings. The van der Waals surface area contributed by atoms with Crippen LogP contribution in [0.2, 0.25) is 10.0 Å². The van der Waals surface area contributed by atoms with Gasteiger partial charge in [-0.3, -0.25) is 4.79 Å². The van der Waals surface area contributed by atoms with E-state index in [0.717, 1.165) is 16.9 Å². The molecule has 0 saturated heterocycles. The molecule has 2 aromatic carbocycles. The summed E-state index contributed by atoms with van der Waals surface area (Å²) in [5.41, 5.74) is 1.92. The van der Waals surface area contributed by atoms with Crippen LogP contribution in [0.25, 0.3) is 6.08 Å². The summed E-state index contributed by atoms with van der Waals surface area (Å²) < 4.78 is 10.5. The second-order valence-electron chi connectivity index (χ2n) is 7.03. The van der Waals surface area contributed by atoms with Gasteiger partial charge in [0.15, 0.2) is 0 Å². The molecule has 176 valence electrons. The molecule has 6 nitrogen and oxygen atoms in total. The van der Waals surface area contributed by atoms with E-state index in [9.17, 15) is 14.4 Å². The van der Waals surface area contributed by atoms with Gasteiger partial charge in [0, 0.05) is 16.1 Å². The molecule has 1 N–H and O–H groups in total. The van der Waals surface area contributed by atoms with Crippen molar-refractivity contribution in [3.05, 3.63) is 91.8 Å². The Balaban J connectivity index is 1.82. The third-order valence-electron chi connectivity index (χ3n) is 4.64. The number of benzene rings is 2. The molecular formula is C25H21Cl2NO5S. The zero-order valence-electron chi connectivity index (χ0n) is 18.4. The highest BCUT2D eigenvalue weighted by atomic mass is 35.5. The predicted octanol–water partition coefficient (Wildman–Crippen LogP) is 6.55. The second kappa shape index (κ2) is 11.8. The molecule has 1 amide bonds. The quantitative estimate of drug-likeness (QED) is 0.270. The number of amides is 1. The van der Waals surface area contributed by atoms with Gasteiger partial charge in [-0.05, 0) is 48.7 Å². The lowest BCUT2D eigenvalue weighted by Gasteiger charge is -2.06. The fraction of sp³-hybridized carbons (Fsp3) is 0.160. The van der Waals surface area contributed by atoms with Gasteiger partial charge < -0.3 is 14.8 Å². The van der Waals surface area contributed by atoms with Crippen molar-refractivity contribution in [1.82, 2.24) is 0 Å². The first-order valence-corrected chi connectivity index (χ1v) is 11.8. The van der Waals surface area contributed by atoms with Gasteiger partial charge in [0.1, 0.15) is 16.5 Å². The molecule has 0 radical (unpaired) electrons. The maximum Gasteiger partial charge on any atom is 0.349 e. The van der Waals surface area contributed by atoms with Gasteiger partial charge in [-0.1, -0.05) is 59.6 Å². The number of halogens is 2. The lowest BCUT2D eigenvalue weighted by molar-refractivity contribution is -0.111. The number of hydrogen-bond donors (Lipinski definition) is 1. The van der Waals surface area contributed by atoms with Crippen LogP contribution in [-0.4, -0.2) is 24.5 Å². The molecule has 0 atom stereocenters. The Hall–Kier alpha value is -3.13. The van der Waals surface area contributed by atoms with E-state index < -0.39 is 17.8 Å². The van der Waals surface area contributed by atoms with Crippen molar-refractivity contribution in [2.75, 3.05) is 11.9 Å². The molecule has 3 aromatic rings. The predicted molar refractivity (Wildman–Crippen MR) is 135 cm³/mol. The van der Waals surface area contributed by atoms with Crippen LogP contribution in [-0.2, 0) is 20.9 Å². The Morgan fingerprint density at radius 3 is 2.44 bits per heavy atom. The summed E-state index contributed by atoms with van der Waals surface area (Å²) in [6, 6.07) is 14.1. The van der Waals surface area contributed by atoms with Crippen LogP contribution in [0.4, 0.5) is 5.00 Å². The molecule has 0 unspecified atom stereocenters. The Labute approximate surface area is 211 Å². The summed E-state index contributed by atoms with van der Waals surface area (Å²) in [6.45, 7) is 3.51. The summed E-state index contributed by atoms with van der Waals surface area (Å²) in [5, 5.41) is 3.72. The Kier molecular flexibility index (Phi) is 8.87. The standard InChI is InChI=1S/C25H21Cl2NO5S/c1-3-32-24(30)21-15(2)22(25(31)33-14-16-7-5-4-6-8-16)34-23(21)28-20(29)12-10-17-9-11-18(26)13-19(17)27/h4-13H,3,14H2,1-2H3,(H,28,29)/b12-10+. The number of rotatable bonds is 8. The average molecular weight is 518 g/mol. The van der Waals surface area contributed by atoms with Crippen molar-refractivity contribution < 1.29 is 23.9 Å². The van der Waals surface area contributed by atoms with E-state index in [0.29, 0.717) is 21.2 Å². The number of anilines is 1. The van der Waals surface area contributed by atoms with Crippen LogP contribution < -0.4 is 5.32 Å². The zero-order chi connectivity index (χ0) is 24.7. The fourth-order valence-electron chi connectivity index (χ4n) is 2.99. The molecule has 0 spiro atoms. The van der Waals surface area contributed by atoms with Crippen LogP contribution in [0.3, 0.4) is 0 Å². The minimum atomic E-state index is -0.640. The first-order valence-electron chi connectivity index (χ1n) is 10.3. The number of carbonyl (C=O) groups excluding carboxylic acids is 3. The highest BCUT2D eigenvalue weighted by molar-refractivity contribution is 7.18. The molecule has 0 bridgehead atoms. The van der Waals surface area contributed by atoms with Gasteiger partial charge in [-0.25, -0.2) is 9.59 Å². The lowest BCUT2D eigenvalue weighted by Crippen LogP contribution is -2.13. The Morgan fingerprint density at radius 1 is 1.03 bits per heavy atom. The highest BCUT2D eigenvalue weighted by Gasteiger charge is 2.27. The smallest absolute Gasteiger partial charge is 0.349 e. The van der Waals surface area contributed by atoms with Crippen LogP contribution in [0, 0.1) is 6.92 Å². The highest BCUT2D eigenvalue weighted by Crippen LogP contribution is 2.34. The molecule has 1 aromatic heterocycles. The Bertz CT molecular complexity index is 1240. The number of thiophene rings is 1. The van der Waals surface area contributed by atoms with E-state index in [1.165, 1.54) is 12.2 Å². The van der Waals surface area contributed by atoms with Gasteiger partial charge in [0.2, 0.25) is 5.91 Å². The minimum absolute atomic E-state index is 0.0814. The van der Waals surface area contributed by atoms with Gasteiger partial charge in [-0.15, -0.1) is 11.3 Å². The van der Waals surface area contributed by atoms with Gasteiger partial charge in [0.25, 0.3) is 0 Å². The van der Waals surface area contributed by atoms with E-state index in [2.05, 4.69) is 5.32 Å². The largest absolute Gasteiger partial charge is 0.462 e. The fourth-order valence-corrected chi connectivity index (χ4v) is 4.55. The third-order valence-corrected chi connectivity index (χ3v) is 6.39. The molecule has 0 aliphatic rings. The second-order valence-corrected chi connectivity index (χ2v) is 8.90. The van der Waals surface area contributed by atoms with Crippen LogP contribution in [0.5, 0.6) is 0 Å². The topological polar surface area (TPSA) is 81.7 Å². The average Bonchev–Trinajstić information content (AvgIpc) is 3.13. The number of hydrogen-bond acceptors (Lipinski definition) is 6. The van der Waals surface area contributed by atoms with E-state index >= 15 is 0 Å². The normalized spacial score (nSPS) is 10.8. The van der Waals surface area contributed by atoms with Crippen molar-refractivity contribution in [2.45, 2.75) is 20.5 Å². The van der Waals surface area contributed by atoms with E-state index in [1.54, 1.807) is 32.0 Å². The van der Waals surface area contributed by atoms with Crippen LogP contribution in [0.15, 0.2) is 54.6 Å². The first kappa shape index (κ1) is 25.5. The number of esters is 2. The first-order chi connectivity index (χ1) is 16.3.